The molecule has 0 saturated heterocycles. The maximum Gasteiger partial charge on any atom is 0.255 e. The number of hydrogen-bond acceptors (Lipinski definition) is 3. The second kappa shape index (κ2) is 6.91. The first-order valence-corrected chi connectivity index (χ1v) is 6.33. The number of nitrogens with two attached hydrogens (primary N) is 1. The van der Waals surface area contributed by atoms with E-state index in [1.807, 2.05) is 6.07 Å². The molecule has 2 rings (SSSR count). The molecule has 2 aromatic rings. The van der Waals surface area contributed by atoms with Gasteiger partial charge in [0.1, 0.15) is 0 Å². The van der Waals surface area contributed by atoms with Crippen molar-refractivity contribution in [2.24, 2.45) is 5.73 Å². The Labute approximate surface area is 123 Å². The van der Waals surface area contributed by atoms with Crippen molar-refractivity contribution in [1.29, 1.82) is 5.26 Å². The number of rotatable bonds is 2. The molecule has 1 amide bonds. The second-order valence-electron chi connectivity index (χ2n) is 4.23. The van der Waals surface area contributed by atoms with Crippen LogP contribution in [0.2, 0.25) is 0 Å². The highest BCUT2D eigenvalue weighted by Gasteiger charge is 2.05. The molecule has 2 aromatic carbocycles. The van der Waals surface area contributed by atoms with E-state index in [0.29, 0.717) is 23.4 Å². The third-order valence-corrected chi connectivity index (χ3v) is 2.75. The van der Waals surface area contributed by atoms with E-state index in [1.54, 1.807) is 48.5 Å². The number of carbonyl (C=O) groups excluding carboxylic acids is 1. The number of nitrogens with zero attached hydrogens (tertiary/aromatic N) is 1. The van der Waals surface area contributed by atoms with Crippen molar-refractivity contribution in [3.05, 3.63) is 65.2 Å². The molecule has 0 aliphatic carbocycles. The molecule has 0 radical (unpaired) electrons. The van der Waals surface area contributed by atoms with Crippen LogP contribution < -0.4 is 11.1 Å². The lowest BCUT2D eigenvalue weighted by Gasteiger charge is -2.05. The first-order chi connectivity index (χ1) is 10.2. The zero-order valence-electron chi connectivity index (χ0n) is 11.3. The minimum Gasteiger partial charge on any atom is -0.322 e. The highest BCUT2D eigenvalue weighted by molar-refractivity contribution is 6.04. The number of anilines is 1. The summed E-state index contributed by atoms with van der Waals surface area (Å²) >= 11 is 0. The Kier molecular flexibility index (Phi) is 4.71. The molecular weight excluding hydrogens is 262 g/mol. The molecule has 0 aromatic heterocycles. The summed E-state index contributed by atoms with van der Waals surface area (Å²) < 4.78 is 0. The lowest BCUT2D eigenvalue weighted by atomic mass is 10.1. The zero-order chi connectivity index (χ0) is 15.1. The SMILES string of the molecule is N#Cc1ccc(NC(=O)c2ccc(C#CCN)cc2)cc1. The van der Waals surface area contributed by atoms with E-state index in [1.165, 1.54) is 0 Å². The van der Waals surface area contributed by atoms with Gasteiger partial charge in [-0.25, -0.2) is 0 Å². The topological polar surface area (TPSA) is 78.9 Å². The Morgan fingerprint density at radius 3 is 2.24 bits per heavy atom. The van der Waals surface area contributed by atoms with Crippen LogP contribution in [0.15, 0.2) is 48.5 Å². The van der Waals surface area contributed by atoms with Gasteiger partial charge in [-0.05, 0) is 48.5 Å². The highest BCUT2D eigenvalue weighted by atomic mass is 16.1. The largest absolute Gasteiger partial charge is 0.322 e. The fraction of sp³-hybridized carbons (Fsp3) is 0.0588. The molecule has 0 spiro atoms. The Morgan fingerprint density at radius 1 is 1.05 bits per heavy atom. The summed E-state index contributed by atoms with van der Waals surface area (Å²) in [6.45, 7) is 0.306. The van der Waals surface area contributed by atoms with Crippen molar-refractivity contribution in [2.75, 3.05) is 11.9 Å². The van der Waals surface area contributed by atoms with Crippen molar-refractivity contribution in [3.63, 3.8) is 0 Å². The molecule has 0 fully saturated rings. The van der Waals surface area contributed by atoms with Crippen molar-refractivity contribution >= 4 is 11.6 Å². The maximum atomic E-state index is 12.1. The molecule has 0 heterocycles. The van der Waals surface area contributed by atoms with Gasteiger partial charge >= 0.3 is 0 Å². The summed E-state index contributed by atoms with van der Waals surface area (Å²) in [5.41, 5.74) is 7.85. The van der Waals surface area contributed by atoms with Gasteiger partial charge in [0.25, 0.3) is 5.91 Å². The van der Waals surface area contributed by atoms with Gasteiger partial charge in [-0.15, -0.1) is 0 Å². The molecule has 3 N–H and O–H groups in total. The first-order valence-electron chi connectivity index (χ1n) is 6.33. The van der Waals surface area contributed by atoms with Gasteiger partial charge in [-0.2, -0.15) is 5.26 Å². The average molecular weight is 275 g/mol. The van der Waals surface area contributed by atoms with Crippen molar-refractivity contribution in [2.45, 2.75) is 0 Å². The molecule has 4 heteroatoms. The van der Waals surface area contributed by atoms with Crippen molar-refractivity contribution < 1.29 is 4.79 Å². The minimum absolute atomic E-state index is 0.210. The van der Waals surface area contributed by atoms with Gasteiger partial charge in [-0.1, -0.05) is 11.8 Å². The van der Waals surface area contributed by atoms with Crippen molar-refractivity contribution in [1.82, 2.24) is 0 Å². The van der Waals surface area contributed by atoms with E-state index in [2.05, 4.69) is 17.2 Å². The lowest BCUT2D eigenvalue weighted by Crippen LogP contribution is -2.11. The lowest BCUT2D eigenvalue weighted by molar-refractivity contribution is 0.102. The number of amides is 1. The maximum absolute atomic E-state index is 12.1. The molecule has 4 nitrogen and oxygen atoms in total. The molecule has 0 unspecified atom stereocenters. The normalized spacial score (nSPS) is 9.14. The van der Waals surface area contributed by atoms with Crippen LogP contribution in [0.25, 0.3) is 0 Å². The Balaban J connectivity index is 2.07. The fourth-order valence-corrected chi connectivity index (χ4v) is 1.69. The Bertz CT molecular complexity index is 729. The minimum atomic E-state index is -0.210. The Morgan fingerprint density at radius 2 is 1.67 bits per heavy atom. The summed E-state index contributed by atoms with van der Waals surface area (Å²) in [7, 11) is 0. The van der Waals surface area contributed by atoms with E-state index in [-0.39, 0.29) is 5.91 Å². The van der Waals surface area contributed by atoms with Crippen LogP contribution in [-0.4, -0.2) is 12.5 Å². The molecule has 0 aliphatic rings. The summed E-state index contributed by atoms with van der Waals surface area (Å²) in [4.78, 5) is 12.1. The van der Waals surface area contributed by atoms with Crippen LogP contribution in [0.5, 0.6) is 0 Å². The van der Waals surface area contributed by atoms with Gasteiger partial charge in [0, 0.05) is 16.8 Å². The number of hydrogen-bond donors (Lipinski definition) is 2. The van der Waals surface area contributed by atoms with Gasteiger partial charge in [0.2, 0.25) is 0 Å². The standard InChI is InChI=1S/C17H13N3O/c18-11-1-2-13-3-7-15(8-4-13)17(21)20-16-9-5-14(12-19)6-10-16/h3-10H,11,18H2,(H,20,21). The van der Waals surface area contributed by atoms with Crippen molar-refractivity contribution in [3.8, 4) is 17.9 Å². The smallest absolute Gasteiger partial charge is 0.255 e. The van der Waals surface area contributed by atoms with E-state index in [9.17, 15) is 4.79 Å². The van der Waals surface area contributed by atoms with E-state index in [0.717, 1.165) is 5.56 Å². The first kappa shape index (κ1) is 14.3. The molecule has 102 valence electrons. The highest BCUT2D eigenvalue weighted by Crippen LogP contribution is 2.11. The number of benzene rings is 2. The van der Waals surface area contributed by atoms with Gasteiger partial charge < -0.3 is 11.1 Å². The van der Waals surface area contributed by atoms with Crippen LogP contribution in [0.1, 0.15) is 21.5 Å². The van der Waals surface area contributed by atoms with Crippen LogP contribution in [0.4, 0.5) is 5.69 Å². The van der Waals surface area contributed by atoms with Crippen LogP contribution in [0, 0.1) is 23.2 Å². The zero-order valence-corrected chi connectivity index (χ0v) is 11.3. The third kappa shape index (κ3) is 3.94. The van der Waals surface area contributed by atoms with Crippen LogP contribution in [0.3, 0.4) is 0 Å². The van der Waals surface area contributed by atoms with Gasteiger partial charge in [-0.3, -0.25) is 4.79 Å². The predicted octanol–water partition coefficient (Wildman–Crippen LogP) is 2.12. The fourth-order valence-electron chi connectivity index (χ4n) is 1.69. The molecule has 0 bridgehead atoms. The number of nitriles is 1. The van der Waals surface area contributed by atoms with Crippen LogP contribution >= 0.6 is 0 Å². The molecule has 0 atom stereocenters. The number of carbonyl (C=O) groups is 1. The Hall–Kier alpha value is -3.08. The predicted molar refractivity (Wildman–Crippen MR) is 81.5 cm³/mol. The summed E-state index contributed by atoms with van der Waals surface area (Å²) in [5.74, 6) is 5.44. The molecule has 0 aliphatic heterocycles. The summed E-state index contributed by atoms with van der Waals surface area (Å²) in [6.07, 6.45) is 0. The van der Waals surface area contributed by atoms with Crippen LogP contribution in [-0.2, 0) is 0 Å². The molecule has 0 saturated carbocycles. The van der Waals surface area contributed by atoms with E-state index < -0.39 is 0 Å². The quantitative estimate of drug-likeness (QED) is 0.824. The van der Waals surface area contributed by atoms with Gasteiger partial charge in [0.15, 0.2) is 0 Å². The summed E-state index contributed by atoms with van der Waals surface area (Å²) in [6, 6.07) is 15.7. The van der Waals surface area contributed by atoms with E-state index >= 15 is 0 Å². The van der Waals surface area contributed by atoms with Gasteiger partial charge in [0.05, 0.1) is 18.2 Å². The molecular formula is C17H13N3O. The third-order valence-electron chi connectivity index (χ3n) is 2.75. The van der Waals surface area contributed by atoms with E-state index in [4.69, 9.17) is 11.0 Å². The average Bonchev–Trinajstić information content (AvgIpc) is 2.54. The summed E-state index contributed by atoms with van der Waals surface area (Å²) in [5, 5.41) is 11.5. The number of nitrogens with one attached hydrogen (secondary N) is 1. The second-order valence-corrected chi connectivity index (χ2v) is 4.23. The molecule has 21 heavy (non-hydrogen) atoms. The monoisotopic (exact) mass is 275 g/mol.